The minimum atomic E-state index is -3.80. The Bertz CT molecular complexity index is 1160. The molecule has 0 saturated carbocycles. The molecule has 0 aliphatic rings. The summed E-state index contributed by atoms with van der Waals surface area (Å²) in [5.41, 5.74) is 0.909. The monoisotopic (exact) mass is 485 g/mol. The number of anilines is 1. The van der Waals surface area contributed by atoms with Crippen LogP contribution in [0, 0.1) is 0 Å². The molecule has 12 heteroatoms. The number of carbonyl (C=O) groups excluding carboxylic acids is 1. The summed E-state index contributed by atoms with van der Waals surface area (Å²) in [6.07, 6.45) is 0.971. The number of benzene rings is 2. The maximum absolute atomic E-state index is 12.5. The summed E-state index contributed by atoms with van der Waals surface area (Å²) in [5, 5.41) is 2.67. The highest BCUT2D eigenvalue weighted by molar-refractivity contribution is 7.92. The largest absolute Gasteiger partial charge is 0.493 e. The topological polar surface area (TPSA) is 122 Å². The molecule has 10 nitrogen and oxygen atoms in total. The summed E-state index contributed by atoms with van der Waals surface area (Å²) in [5.74, 6) is 0.519. The normalized spacial score (nSPS) is 11.8. The Morgan fingerprint density at radius 3 is 2.03 bits per heavy atom. The lowest BCUT2D eigenvalue weighted by Gasteiger charge is -2.22. The van der Waals surface area contributed by atoms with Gasteiger partial charge in [-0.1, -0.05) is 6.07 Å². The molecule has 0 fully saturated rings. The Kier molecular flexibility index (Phi) is 8.10. The summed E-state index contributed by atoms with van der Waals surface area (Å²) < 4.78 is 61.3. The minimum Gasteiger partial charge on any atom is -0.493 e. The van der Waals surface area contributed by atoms with E-state index in [9.17, 15) is 21.6 Å². The van der Waals surface area contributed by atoms with E-state index in [-0.39, 0.29) is 17.1 Å². The van der Waals surface area contributed by atoms with Gasteiger partial charge >= 0.3 is 0 Å². The zero-order valence-electron chi connectivity index (χ0n) is 18.5. The number of sulfonamides is 2. The molecule has 0 bridgehead atoms. The maximum atomic E-state index is 12.5. The van der Waals surface area contributed by atoms with Crippen LogP contribution in [0.1, 0.15) is 5.56 Å². The second kappa shape index (κ2) is 10.2. The summed E-state index contributed by atoms with van der Waals surface area (Å²) in [6.45, 7) is -0.317. The van der Waals surface area contributed by atoms with Crippen molar-refractivity contribution in [3.8, 4) is 11.5 Å². The predicted octanol–water partition coefficient (Wildman–Crippen LogP) is 1.04. The molecule has 2 rings (SSSR count). The van der Waals surface area contributed by atoms with Crippen molar-refractivity contribution in [3.05, 3.63) is 48.0 Å². The predicted molar refractivity (Wildman–Crippen MR) is 121 cm³/mol. The fourth-order valence-corrected chi connectivity index (χ4v) is 4.53. The van der Waals surface area contributed by atoms with Crippen LogP contribution in [0.5, 0.6) is 11.5 Å². The van der Waals surface area contributed by atoms with E-state index in [0.717, 1.165) is 20.4 Å². The van der Waals surface area contributed by atoms with E-state index in [1.165, 1.54) is 52.6 Å². The third-order valence-corrected chi connectivity index (χ3v) is 7.50. The van der Waals surface area contributed by atoms with Crippen molar-refractivity contribution in [1.29, 1.82) is 0 Å². The van der Waals surface area contributed by atoms with Crippen LogP contribution in [-0.2, 0) is 31.4 Å². The summed E-state index contributed by atoms with van der Waals surface area (Å²) in [4.78, 5) is 12.5. The lowest BCUT2D eigenvalue weighted by molar-refractivity contribution is -0.119. The zero-order chi connectivity index (χ0) is 24.1. The van der Waals surface area contributed by atoms with Crippen LogP contribution in [0.4, 0.5) is 5.69 Å². The van der Waals surface area contributed by atoms with E-state index in [4.69, 9.17) is 9.47 Å². The number of carbonyl (C=O) groups is 1. The van der Waals surface area contributed by atoms with Gasteiger partial charge in [-0.15, -0.1) is 0 Å². The number of ether oxygens (including phenoxy) is 2. The van der Waals surface area contributed by atoms with Crippen LogP contribution in [0.15, 0.2) is 47.4 Å². The van der Waals surface area contributed by atoms with Gasteiger partial charge in [0, 0.05) is 20.6 Å². The van der Waals surface area contributed by atoms with Crippen LogP contribution in [0.2, 0.25) is 0 Å². The molecule has 0 radical (unpaired) electrons. The molecule has 0 atom stereocenters. The van der Waals surface area contributed by atoms with Crippen molar-refractivity contribution in [2.75, 3.05) is 45.4 Å². The van der Waals surface area contributed by atoms with Gasteiger partial charge in [-0.3, -0.25) is 9.10 Å². The van der Waals surface area contributed by atoms with E-state index in [2.05, 4.69) is 5.32 Å². The smallest absolute Gasteiger partial charge is 0.242 e. The standard InChI is InChI=1S/C20H27N3O7S2/c1-22(2)32(27,28)17-9-7-16(8-10-17)23(31(5,25)26)14-20(24)21-13-15-6-11-18(29-3)19(12-15)30-4/h6-12H,13-14H2,1-5H3,(H,21,24). The van der Waals surface area contributed by atoms with Crippen LogP contribution < -0.4 is 19.1 Å². The number of nitrogens with zero attached hydrogens (tertiary/aromatic N) is 2. The highest BCUT2D eigenvalue weighted by Gasteiger charge is 2.23. The lowest BCUT2D eigenvalue weighted by Crippen LogP contribution is -2.40. The number of hydrogen-bond donors (Lipinski definition) is 1. The van der Waals surface area contributed by atoms with Crippen LogP contribution in [0.25, 0.3) is 0 Å². The Balaban J connectivity index is 2.15. The minimum absolute atomic E-state index is 0.0117. The number of nitrogens with one attached hydrogen (secondary N) is 1. The fraction of sp³-hybridized carbons (Fsp3) is 0.350. The first-order valence-electron chi connectivity index (χ1n) is 9.38. The summed E-state index contributed by atoms with van der Waals surface area (Å²) >= 11 is 0. The number of rotatable bonds is 10. The molecule has 1 N–H and O–H groups in total. The molecule has 2 aromatic carbocycles. The van der Waals surface area contributed by atoms with Gasteiger partial charge in [0.1, 0.15) is 6.54 Å². The highest BCUT2D eigenvalue weighted by Crippen LogP contribution is 2.27. The van der Waals surface area contributed by atoms with E-state index >= 15 is 0 Å². The van der Waals surface area contributed by atoms with E-state index in [0.29, 0.717) is 11.5 Å². The number of hydrogen-bond acceptors (Lipinski definition) is 7. The van der Waals surface area contributed by atoms with Crippen molar-refractivity contribution in [2.45, 2.75) is 11.4 Å². The first-order valence-corrected chi connectivity index (χ1v) is 12.7. The molecular weight excluding hydrogens is 458 g/mol. The van der Waals surface area contributed by atoms with Gasteiger partial charge in [0.2, 0.25) is 26.0 Å². The molecule has 0 aromatic heterocycles. The van der Waals surface area contributed by atoms with Crippen LogP contribution in [0.3, 0.4) is 0 Å². The third-order valence-electron chi connectivity index (χ3n) is 4.53. The second-order valence-electron chi connectivity index (χ2n) is 7.02. The fourth-order valence-electron chi connectivity index (χ4n) is 2.77. The van der Waals surface area contributed by atoms with Crippen molar-refractivity contribution in [2.24, 2.45) is 0 Å². The molecular formula is C20H27N3O7S2. The average molecular weight is 486 g/mol. The van der Waals surface area contributed by atoms with Crippen molar-refractivity contribution in [3.63, 3.8) is 0 Å². The van der Waals surface area contributed by atoms with Crippen LogP contribution >= 0.6 is 0 Å². The van der Waals surface area contributed by atoms with E-state index in [1.807, 2.05) is 0 Å². The van der Waals surface area contributed by atoms with Crippen LogP contribution in [-0.4, -0.2) is 68.2 Å². The van der Waals surface area contributed by atoms with Crippen molar-refractivity contribution in [1.82, 2.24) is 9.62 Å². The Hall–Kier alpha value is -2.83. The van der Waals surface area contributed by atoms with Gasteiger partial charge in [0.25, 0.3) is 0 Å². The Morgan fingerprint density at radius 1 is 0.938 bits per heavy atom. The van der Waals surface area contributed by atoms with Gasteiger partial charge in [-0.2, -0.15) is 0 Å². The molecule has 0 heterocycles. The first kappa shape index (κ1) is 25.4. The van der Waals surface area contributed by atoms with Gasteiger partial charge in [-0.05, 0) is 42.0 Å². The molecule has 0 saturated heterocycles. The van der Waals surface area contributed by atoms with Crippen molar-refractivity contribution < 1.29 is 31.1 Å². The van der Waals surface area contributed by atoms with E-state index in [1.54, 1.807) is 18.2 Å². The quantitative estimate of drug-likeness (QED) is 0.533. The summed E-state index contributed by atoms with van der Waals surface area (Å²) in [7, 11) is -1.66. The Morgan fingerprint density at radius 2 is 1.53 bits per heavy atom. The van der Waals surface area contributed by atoms with Gasteiger partial charge < -0.3 is 14.8 Å². The molecule has 32 heavy (non-hydrogen) atoms. The third kappa shape index (κ3) is 6.11. The van der Waals surface area contributed by atoms with Gasteiger partial charge in [0.05, 0.1) is 31.1 Å². The molecule has 0 spiro atoms. The SMILES string of the molecule is COc1ccc(CNC(=O)CN(c2ccc(S(=O)(=O)N(C)C)cc2)S(C)(=O)=O)cc1OC. The first-order chi connectivity index (χ1) is 14.9. The van der Waals surface area contributed by atoms with Gasteiger partial charge in [0.15, 0.2) is 11.5 Å². The maximum Gasteiger partial charge on any atom is 0.242 e. The highest BCUT2D eigenvalue weighted by atomic mass is 32.2. The molecule has 0 aliphatic carbocycles. The molecule has 0 aliphatic heterocycles. The van der Waals surface area contributed by atoms with E-state index < -0.39 is 32.5 Å². The lowest BCUT2D eigenvalue weighted by atomic mass is 10.2. The average Bonchev–Trinajstić information content (AvgIpc) is 2.75. The zero-order valence-corrected chi connectivity index (χ0v) is 20.2. The number of amides is 1. The molecule has 176 valence electrons. The van der Waals surface area contributed by atoms with Crippen molar-refractivity contribution >= 4 is 31.6 Å². The van der Waals surface area contributed by atoms with Gasteiger partial charge in [-0.25, -0.2) is 21.1 Å². The molecule has 0 unspecified atom stereocenters. The summed E-state index contributed by atoms with van der Waals surface area (Å²) in [6, 6.07) is 10.4. The number of methoxy groups -OCH3 is 2. The molecule has 1 amide bonds. The molecule has 2 aromatic rings. The Labute approximate surface area is 188 Å². The second-order valence-corrected chi connectivity index (χ2v) is 11.1.